The van der Waals surface area contributed by atoms with Gasteiger partial charge in [0.2, 0.25) is 0 Å². The molecule has 1 aromatic rings. The topological polar surface area (TPSA) is 56.0 Å². The number of aryl methyl sites for hydroxylation is 1. The van der Waals surface area contributed by atoms with Gasteiger partial charge in [0.25, 0.3) is 0 Å². The van der Waals surface area contributed by atoms with Crippen LogP contribution < -0.4 is 5.73 Å². The molecule has 1 aromatic heterocycles. The lowest BCUT2D eigenvalue weighted by Gasteiger charge is -2.39. The van der Waals surface area contributed by atoms with Crippen LogP contribution in [0.1, 0.15) is 30.0 Å². The molecule has 0 amide bonds. The molecular weight excluding hydrogens is 208 g/mol. The van der Waals surface area contributed by atoms with Crippen molar-refractivity contribution in [1.82, 2.24) is 4.98 Å². The maximum Gasteiger partial charge on any atom is 0.146 e. The Balaban J connectivity index is 2.03. The zero-order chi connectivity index (χ0) is 10.9. The first kappa shape index (κ1) is 10.8. The van der Waals surface area contributed by atoms with Crippen molar-refractivity contribution in [2.45, 2.75) is 32.6 Å². The van der Waals surface area contributed by atoms with Crippen molar-refractivity contribution in [3.05, 3.63) is 16.1 Å². The van der Waals surface area contributed by atoms with Crippen LogP contribution in [0.25, 0.3) is 0 Å². The fraction of sp³-hybridized carbons (Fsp3) is 0.636. The monoisotopic (exact) mass is 224 g/mol. The Morgan fingerprint density at radius 2 is 2.40 bits per heavy atom. The van der Waals surface area contributed by atoms with Crippen LogP contribution in [0.3, 0.4) is 0 Å². The molecule has 0 radical (unpaired) electrons. The smallest absolute Gasteiger partial charge is 0.146 e. The molecule has 0 bridgehead atoms. The molecule has 0 aliphatic heterocycles. The van der Waals surface area contributed by atoms with E-state index in [1.165, 1.54) is 0 Å². The Morgan fingerprint density at radius 1 is 1.67 bits per heavy atom. The summed E-state index contributed by atoms with van der Waals surface area (Å²) >= 11 is 1.60. The van der Waals surface area contributed by atoms with Gasteiger partial charge in [0.05, 0.1) is 17.1 Å². The van der Waals surface area contributed by atoms with Gasteiger partial charge in [-0.05, 0) is 19.8 Å². The highest BCUT2D eigenvalue weighted by Gasteiger charge is 2.42. The highest BCUT2D eigenvalue weighted by molar-refractivity contribution is 7.09. The van der Waals surface area contributed by atoms with E-state index in [4.69, 9.17) is 5.73 Å². The molecule has 15 heavy (non-hydrogen) atoms. The van der Waals surface area contributed by atoms with E-state index in [9.17, 15) is 4.79 Å². The van der Waals surface area contributed by atoms with E-state index >= 15 is 0 Å². The summed E-state index contributed by atoms with van der Waals surface area (Å²) in [6.07, 6.45) is 3.53. The molecular formula is C11H16N2OS. The van der Waals surface area contributed by atoms with Gasteiger partial charge in [-0.25, -0.2) is 4.98 Å². The van der Waals surface area contributed by atoms with E-state index < -0.39 is 0 Å². The van der Waals surface area contributed by atoms with Gasteiger partial charge in [-0.1, -0.05) is 6.42 Å². The van der Waals surface area contributed by atoms with Crippen LogP contribution in [0, 0.1) is 12.3 Å². The van der Waals surface area contributed by atoms with Crippen LogP contribution in [0.5, 0.6) is 0 Å². The SMILES string of the molecule is Cc1nc(CC(=O)C2(CN)CCC2)cs1. The molecule has 0 aromatic carbocycles. The zero-order valence-corrected chi connectivity index (χ0v) is 9.77. The van der Waals surface area contributed by atoms with Crippen molar-refractivity contribution in [1.29, 1.82) is 0 Å². The normalized spacial score (nSPS) is 18.5. The molecule has 0 spiro atoms. The van der Waals surface area contributed by atoms with Crippen molar-refractivity contribution in [2.75, 3.05) is 6.54 Å². The number of rotatable bonds is 4. The lowest BCUT2D eigenvalue weighted by atomic mass is 9.65. The quantitative estimate of drug-likeness (QED) is 0.846. The molecule has 2 N–H and O–H groups in total. The number of nitrogens with two attached hydrogens (primary N) is 1. The van der Waals surface area contributed by atoms with Gasteiger partial charge in [-0.3, -0.25) is 4.79 Å². The molecule has 2 rings (SSSR count). The summed E-state index contributed by atoms with van der Waals surface area (Å²) in [6, 6.07) is 0. The minimum atomic E-state index is -0.211. The largest absolute Gasteiger partial charge is 0.329 e. The minimum Gasteiger partial charge on any atom is -0.329 e. The summed E-state index contributed by atoms with van der Waals surface area (Å²) in [5.41, 5.74) is 6.38. The first-order valence-electron chi connectivity index (χ1n) is 5.31. The average Bonchev–Trinajstić information content (AvgIpc) is 2.50. The molecule has 3 nitrogen and oxygen atoms in total. The van der Waals surface area contributed by atoms with Crippen LogP contribution in [-0.2, 0) is 11.2 Å². The van der Waals surface area contributed by atoms with Gasteiger partial charge in [0.1, 0.15) is 5.78 Å². The number of hydrogen-bond donors (Lipinski definition) is 1. The van der Waals surface area contributed by atoms with E-state index in [0.717, 1.165) is 30.0 Å². The second-order valence-electron chi connectivity index (χ2n) is 4.30. The number of nitrogens with zero attached hydrogens (tertiary/aromatic N) is 1. The Hall–Kier alpha value is -0.740. The van der Waals surface area contributed by atoms with Gasteiger partial charge in [-0.2, -0.15) is 0 Å². The molecule has 4 heteroatoms. The van der Waals surface area contributed by atoms with Gasteiger partial charge < -0.3 is 5.73 Å². The molecule has 0 unspecified atom stereocenters. The molecule has 0 atom stereocenters. The second kappa shape index (κ2) is 4.02. The van der Waals surface area contributed by atoms with Crippen LogP contribution >= 0.6 is 11.3 Å². The summed E-state index contributed by atoms with van der Waals surface area (Å²) in [6.45, 7) is 2.45. The van der Waals surface area contributed by atoms with Crippen molar-refractivity contribution >= 4 is 17.1 Å². The Labute approximate surface area is 93.7 Å². The summed E-state index contributed by atoms with van der Waals surface area (Å²) in [5.74, 6) is 0.279. The summed E-state index contributed by atoms with van der Waals surface area (Å²) in [5, 5.41) is 2.99. The average molecular weight is 224 g/mol. The van der Waals surface area contributed by atoms with Crippen molar-refractivity contribution < 1.29 is 4.79 Å². The highest BCUT2D eigenvalue weighted by atomic mass is 32.1. The molecule has 82 valence electrons. The molecule has 1 aliphatic rings. The number of thiazole rings is 1. The number of hydrogen-bond acceptors (Lipinski definition) is 4. The zero-order valence-electron chi connectivity index (χ0n) is 8.95. The van der Waals surface area contributed by atoms with E-state index in [0.29, 0.717) is 13.0 Å². The van der Waals surface area contributed by atoms with Gasteiger partial charge in [0, 0.05) is 17.3 Å². The van der Waals surface area contributed by atoms with Crippen LogP contribution in [-0.4, -0.2) is 17.3 Å². The predicted molar refractivity (Wildman–Crippen MR) is 60.9 cm³/mol. The Bertz CT molecular complexity index is 363. The van der Waals surface area contributed by atoms with Crippen LogP contribution in [0.4, 0.5) is 0 Å². The van der Waals surface area contributed by atoms with E-state index in [-0.39, 0.29) is 11.2 Å². The molecule has 1 saturated carbocycles. The third-order valence-electron chi connectivity index (χ3n) is 3.30. The summed E-state index contributed by atoms with van der Waals surface area (Å²) in [4.78, 5) is 16.4. The molecule has 1 heterocycles. The Morgan fingerprint density at radius 3 is 2.80 bits per heavy atom. The maximum atomic E-state index is 12.0. The van der Waals surface area contributed by atoms with E-state index in [2.05, 4.69) is 4.98 Å². The molecule has 0 saturated heterocycles. The first-order chi connectivity index (χ1) is 7.16. The van der Waals surface area contributed by atoms with Gasteiger partial charge >= 0.3 is 0 Å². The Kier molecular flexibility index (Phi) is 2.89. The minimum absolute atomic E-state index is 0.211. The lowest BCUT2D eigenvalue weighted by molar-refractivity contribution is -0.132. The van der Waals surface area contributed by atoms with Crippen molar-refractivity contribution in [3.8, 4) is 0 Å². The maximum absolute atomic E-state index is 12.0. The van der Waals surface area contributed by atoms with Gasteiger partial charge in [0.15, 0.2) is 0 Å². The van der Waals surface area contributed by atoms with Crippen molar-refractivity contribution in [3.63, 3.8) is 0 Å². The molecule has 1 aliphatic carbocycles. The number of ketones is 1. The highest BCUT2D eigenvalue weighted by Crippen LogP contribution is 2.41. The van der Waals surface area contributed by atoms with Crippen LogP contribution in [0.2, 0.25) is 0 Å². The summed E-state index contributed by atoms with van der Waals surface area (Å²) < 4.78 is 0. The predicted octanol–water partition coefficient (Wildman–Crippen LogP) is 1.69. The third-order valence-corrected chi connectivity index (χ3v) is 4.12. The number of Topliss-reactive ketones (excluding diaryl/α,β-unsaturated/α-hetero) is 1. The number of carbonyl (C=O) groups is 1. The standard InChI is InChI=1S/C11H16N2OS/c1-8-13-9(6-15-8)5-10(14)11(7-12)3-2-4-11/h6H,2-5,7,12H2,1H3. The van der Waals surface area contributed by atoms with E-state index in [1.807, 2.05) is 12.3 Å². The van der Waals surface area contributed by atoms with Crippen molar-refractivity contribution in [2.24, 2.45) is 11.1 Å². The fourth-order valence-electron chi connectivity index (χ4n) is 2.04. The second-order valence-corrected chi connectivity index (χ2v) is 5.36. The number of aromatic nitrogens is 1. The fourth-order valence-corrected chi connectivity index (χ4v) is 2.65. The molecule has 1 fully saturated rings. The number of carbonyl (C=O) groups excluding carboxylic acids is 1. The van der Waals surface area contributed by atoms with E-state index in [1.54, 1.807) is 11.3 Å². The van der Waals surface area contributed by atoms with Crippen LogP contribution in [0.15, 0.2) is 5.38 Å². The van der Waals surface area contributed by atoms with Gasteiger partial charge in [-0.15, -0.1) is 11.3 Å². The summed E-state index contributed by atoms with van der Waals surface area (Å²) in [7, 11) is 0. The lowest BCUT2D eigenvalue weighted by Crippen LogP contribution is -2.45. The first-order valence-corrected chi connectivity index (χ1v) is 6.19. The third kappa shape index (κ3) is 1.96.